The summed E-state index contributed by atoms with van der Waals surface area (Å²) in [4.78, 5) is 4.29. The number of nitrogens with one attached hydrogen (secondary N) is 1. The fourth-order valence-electron chi connectivity index (χ4n) is 1.84. The van der Waals surface area contributed by atoms with E-state index in [1.54, 1.807) is 6.20 Å². The zero-order valence-corrected chi connectivity index (χ0v) is 10.3. The lowest BCUT2D eigenvalue weighted by atomic mass is 10.0. The minimum atomic E-state index is 0.140. The first kappa shape index (κ1) is 11.3. The third-order valence-corrected chi connectivity index (χ3v) is 3.79. The van der Waals surface area contributed by atoms with Gasteiger partial charge in [0.2, 0.25) is 0 Å². The Bertz CT molecular complexity index is 318. The molecule has 2 heterocycles. The predicted molar refractivity (Wildman–Crippen MR) is 62.5 cm³/mol. The van der Waals surface area contributed by atoms with Gasteiger partial charge >= 0.3 is 0 Å². The van der Waals surface area contributed by atoms with E-state index in [1.807, 2.05) is 0 Å². The molecule has 1 aliphatic rings. The van der Waals surface area contributed by atoms with Gasteiger partial charge in [-0.05, 0) is 13.0 Å². The lowest BCUT2D eigenvalue weighted by molar-refractivity contribution is 0.0904. The van der Waals surface area contributed by atoms with Crippen LogP contribution in [0.15, 0.2) is 6.20 Å². The highest BCUT2D eigenvalue weighted by molar-refractivity contribution is 7.15. The molecule has 1 N–H and O–H groups in total. The van der Waals surface area contributed by atoms with Crippen molar-refractivity contribution in [2.24, 2.45) is 5.92 Å². The molecule has 84 valence electrons. The molecule has 2 atom stereocenters. The lowest BCUT2D eigenvalue weighted by Gasteiger charge is -2.16. The molecule has 2 rings (SSSR count). The highest BCUT2D eigenvalue weighted by atomic mass is 35.5. The number of nitrogens with zero attached hydrogens (tertiary/aromatic N) is 1. The zero-order chi connectivity index (χ0) is 10.7. The van der Waals surface area contributed by atoms with E-state index in [0.29, 0.717) is 5.92 Å². The summed E-state index contributed by atoms with van der Waals surface area (Å²) >= 11 is 7.40. The first-order valence-corrected chi connectivity index (χ1v) is 6.44. The summed E-state index contributed by atoms with van der Waals surface area (Å²) in [6.45, 7) is 4.95. The molecule has 1 fully saturated rings. The molecule has 0 saturated carbocycles. The Balaban J connectivity index is 2.01. The number of hydrogen-bond acceptors (Lipinski definition) is 4. The van der Waals surface area contributed by atoms with Crippen molar-refractivity contribution in [3.63, 3.8) is 0 Å². The van der Waals surface area contributed by atoms with E-state index in [0.717, 1.165) is 35.5 Å². The minimum absolute atomic E-state index is 0.140. The van der Waals surface area contributed by atoms with Crippen LogP contribution in [0.25, 0.3) is 0 Å². The number of halogens is 1. The van der Waals surface area contributed by atoms with E-state index < -0.39 is 0 Å². The van der Waals surface area contributed by atoms with Crippen LogP contribution in [0.3, 0.4) is 0 Å². The first-order chi connectivity index (χ1) is 7.31. The van der Waals surface area contributed by atoms with Crippen LogP contribution >= 0.6 is 22.9 Å². The molecule has 5 heteroatoms. The highest BCUT2D eigenvalue weighted by Gasteiger charge is 2.31. The van der Waals surface area contributed by atoms with Crippen LogP contribution in [0.4, 0.5) is 0 Å². The van der Waals surface area contributed by atoms with E-state index >= 15 is 0 Å². The number of rotatable bonds is 4. The van der Waals surface area contributed by atoms with Gasteiger partial charge in [0, 0.05) is 19.1 Å². The topological polar surface area (TPSA) is 34.1 Å². The van der Waals surface area contributed by atoms with Crippen LogP contribution in [0.2, 0.25) is 4.34 Å². The van der Waals surface area contributed by atoms with Crippen molar-refractivity contribution in [3.05, 3.63) is 15.5 Å². The van der Waals surface area contributed by atoms with Gasteiger partial charge in [-0.25, -0.2) is 4.98 Å². The Morgan fingerprint density at radius 1 is 1.73 bits per heavy atom. The van der Waals surface area contributed by atoms with Gasteiger partial charge in [0.1, 0.15) is 15.4 Å². The van der Waals surface area contributed by atoms with Crippen molar-refractivity contribution in [3.8, 4) is 0 Å². The normalized spacial score (nSPS) is 26.0. The van der Waals surface area contributed by atoms with E-state index in [-0.39, 0.29) is 6.10 Å². The second-order valence-electron chi connectivity index (χ2n) is 3.65. The zero-order valence-electron chi connectivity index (χ0n) is 8.70. The second kappa shape index (κ2) is 5.25. The van der Waals surface area contributed by atoms with Crippen LogP contribution in [0, 0.1) is 5.92 Å². The first-order valence-electron chi connectivity index (χ1n) is 5.24. The van der Waals surface area contributed by atoms with Gasteiger partial charge in [-0.1, -0.05) is 18.5 Å². The van der Waals surface area contributed by atoms with Crippen molar-refractivity contribution in [1.82, 2.24) is 10.3 Å². The van der Waals surface area contributed by atoms with Crippen LogP contribution < -0.4 is 5.32 Å². The van der Waals surface area contributed by atoms with Gasteiger partial charge in [0.05, 0.1) is 6.20 Å². The summed E-state index contributed by atoms with van der Waals surface area (Å²) in [6.07, 6.45) is 2.95. The van der Waals surface area contributed by atoms with E-state index in [9.17, 15) is 0 Å². The molecule has 15 heavy (non-hydrogen) atoms. The van der Waals surface area contributed by atoms with Crippen LogP contribution in [-0.2, 0) is 4.74 Å². The van der Waals surface area contributed by atoms with E-state index in [2.05, 4.69) is 17.2 Å². The molecule has 0 bridgehead atoms. The molecule has 0 amide bonds. The maximum atomic E-state index is 5.88. The van der Waals surface area contributed by atoms with Gasteiger partial charge in [-0.15, -0.1) is 11.3 Å². The summed E-state index contributed by atoms with van der Waals surface area (Å²) in [5, 5.41) is 4.37. The Hall–Kier alpha value is -0.160. The average Bonchev–Trinajstić information content (AvgIpc) is 2.82. The van der Waals surface area contributed by atoms with E-state index in [4.69, 9.17) is 16.3 Å². The maximum Gasteiger partial charge on any atom is 0.123 e. The number of hydrogen-bond donors (Lipinski definition) is 1. The molecule has 0 spiro atoms. The summed E-state index contributed by atoms with van der Waals surface area (Å²) in [5.41, 5.74) is 0. The standard InChI is InChI=1S/C10H15ClN2OS/c1-2-12-5-7-3-4-14-9(7)10-13-6-8(11)15-10/h6-7,9,12H,2-5H2,1H3. The number of thiazole rings is 1. The Morgan fingerprint density at radius 3 is 3.27 bits per heavy atom. The maximum absolute atomic E-state index is 5.88. The van der Waals surface area contributed by atoms with Gasteiger partial charge < -0.3 is 10.1 Å². The van der Waals surface area contributed by atoms with Gasteiger partial charge in [-0.2, -0.15) is 0 Å². The molecule has 1 saturated heterocycles. The molecule has 0 aliphatic carbocycles. The highest BCUT2D eigenvalue weighted by Crippen LogP contribution is 2.37. The molecule has 1 aromatic heterocycles. The molecule has 0 aromatic carbocycles. The van der Waals surface area contributed by atoms with E-state index in [1.165, 1.54) is 11.3 Å². The van der Waals surface area contributed by atoms with Gasteiger partial charge in [-0.3, -0.25) is 0 Å². The Kier molecular flexibility index (Phi) is 3.97. The molecule has 0 radical (unpaired) electrons. The SMILES string of the molecule is CCNCC1CCOC1c1ncc(Cl)s1. The quantitative estimate of drug-likeness (QED) is 0.887. The number of aromatic nitrogens is 1. The molecule has 2 unspecified atom stereocenters. The molecular weight excluding hydrogens is 232 g/mol. The monoisotopic (exact) mass is 246 g/mol. The van der Waals surface area contributed by atoms with Crippen LogP contribution in [-0.4, -0.2) is 24.7 Å². The summed E-state index contributed by atoms with van der Waals surface area (Å²) in [7, 11) is 0. The summed E-state index contributed by atoms with van der Waals surface area (Å²) in [6, 6.07) is 0. The van der Waals surface area contributed by atoms with Crippen LogP contribution in [0.1, 0.15) is 24.5 Å². The van der Waals surface area contributed by atoms with Crippen molar-refractivity contribution >= 4 is 22.9 Å². The smallest absolute Gasteiger partial charge is 0.123 e. The molecule has 1 aromatic rings. The van der Waals surface area contributed by atoms with Gasteiger partial charge in [0.15, 0.2) is 0 Å². The molecule has 3 nitrogen and oxygen atoms in total. The molecular formula is C10H15ClN2OS. The second-order valence-corrected chi connectivity index (χ2v) is 5.34. The largest absolute Gasteiger partial charge is 0.371 e. The third kappa shape index (κ3) is 2.69. The Morgan fingerprint density at radius 2 is 2.60 bits per heavy atom. The third-order valence-electron chi connectivity index (χ3n) is 2.61. The summed E-state index contributed by atoms with van der Waals surface area (Å²) in [5.74, 6) is 0.534. The average molecular weight is 247 g/mol. The Labute approximate surface area is 98.8 Å². The predicted octanol–water partition coefficient (Wildman–Crippen LogP) is 2.48. The molecule has 1 aliphatic heterocycles. The number of ether oxygens (including phenoxy) is 1. The summed E-state index contributed by atoms with van der Waals surface area (Å²) < 4.78 is 6.45. The van der Waals surface area contributed by atoms with Crippen molar-refractivity contribution < 1.29 is 4.74 Å². The van der Waals surface area contributed by atoms with Crippen LogP contribution in [0.5, 0.6) is 0 Å². The fourth-order valence-corrected chi connectivity index (χ4v) is 2.92. The fraction of sp³-hybridized carbons (Fsp3) is 0.700. The van der Waals surface area contributed by atoms with Crippen molar-refractivity contribution in [2.45, 2.75) is 19.4 Å². The lowest BCUT2D eigenvalue weighted by Crippen LogP contribution is -2.24. The minimum Gasteiger partial charge on any atom is -0.371 e. The van der Waals surface area contributed by atoms with Crippen molar-refractivity contribution in [2.75, 3.05) is 19.7 Å². The van der Waals surface area contributed by atoms with Gasteiger partial charge in [0.25, 0.3) is 0 Å². The van der Waals surface area contributed by atoms with Crippen molar-refractivity contribution in [1.29, 1.82) is 0 Å².